The quantitative estimate of drug-likeness (QED) is 0.728. The van der Waals surface area contributed by atoms with Gasteiger partial charge in [0, 0.05) is 10.6 Å². The molecule has 166 valence electrons. The van der Waals surface area contributed by atoms with Gasteiger partial charge in [0.15, 0.2) is 0 Å². The molecular weight excluding hydrogens is 421 g/mol. The summed E-state index contributed by atoms with van der Waals surface area (Å²) in [5.41, 5.74) is 5.49. The molecule has 3 amide bonds. The van der Waals surface area contributed by atoms with Crippen molar-refractivity contribution in [3.63, 3.8) is 0 Å². The van der Waals surface area contributed by atoms with Crippen LogP contribution in [0.15, 0.2) is 24.3 Å². The van der Waals surface area contributed by atoms with Crippen LogP contribution in [-0.4, -0.2) is 59.1 Å². The van der Waals surface area contributed by atoms with Gasteiger partial charge in [0.1, 0.15) is 6.04 Å². The maximum Gasteiger partial charge on any atom is 0.401 e. The minimum atomic E-state index is -4.27. The van der Waals surface area contributed by atoms with Crippen molar-refractivity contribution in [3.8, 4) is 0 Å². The van der Waals surface area contributed by atoms with Gasteiger partial charge in [0.25, 0.3) is 0 Å². The summed E-state index contributed by atoms with van der Waals surface area (Å²) >= 11 is 6.01. The third-order valence-corrected chi connectivity index (χ3v) is 6.28. The zero-order chi connectivity index (χ0) is 22.3. The van der Waals surface area contributed by atoms with Crippen LogP contribution in [0.3, 0.4) is 0 Å². The van der Waals surface area contributed by atoms with Gasteiger partial charge < -0.3 is 16.0 Å². The zero-order valence-corrected chi connectivity index (χ0v) is 17.6. The molecule has 0 saturated carbocycles. The number of nitrogens with two attached hydrogens (primary N) is 1. The van der Waals surface area contributed by atoms with E-state index in [1.165, 1.54) is 4.90 Å². The lowest BCUT2D eigenvalue weighted by molar-refractivity contribution is -0.164. The Bertz CT molecular complexity index is 800. The van der Waals surface area contributed by atoms with Gasteiger partial charge in [-0.2, -0.15) is 13.2 Å². The molecule has 2 saturated heterocycles. The number of amides is 3. The Labute approximate surface area is 178 Å². The van der Waals surface area contributed by atoms with E-state index in [0.29, 0.717) is 17.9 Å². The molecule has 0 aromatic heterocycles. The number of carbonyl (C=O) groups excluding carboxylic acids is 2. The van der Waals surface area contributed by atoms with Crippen molar-refractivity contribution in [2.75, 3.05) is 19.6 Å². The van der Waals surface area contributed by atoms with Crippen molar-refractivity contribution in [1.29, 1.82) is 0 Å². The van der Waals surface area contributed by atoms with Gasteiger partial charge in [-0.3, -0.25) is 9.69 Å². The fourth-order valence-corrected chi connectivity index (χ4v) is 4.73. The molecule has 0 aliphatic carbocycles. The lowest BCUT2D eigenvalue weighted by atomic mass is 9.76. The fourth-order valence-electron chi connectivity index (χ4n) is 4.60. The second-order valence-electron chi connectivity index (χ2n) is 8.66. The maximum atomic E-state index is 13.0. The molecule has 2 aliphatic rings. The number of hydrogen-bond acceptors (Lipinski definition) is 3. The number of likely N-dealkylation sites (tertiary alicyclic amines) is 1. The van der Waals surface area contributed by atoms with E-state index in [-0.39, 0.29) is 19.0 Å². The molecule has 1 aromatic carbocycles. The minimum absolute atomic E-state index is 0.0944. The average molecular weight is 447 g/mol. The van der Waals surface area contributed by atoms with Crippen molar-refractivity contribution >= 4 is 23.5 Å². The topological polar surface area (TPSA) is 78.7 Å². The first-order valence-electron chi connectivity index (χ1n) is 9.81. The monoisotopic (exact) mass is 446 g/mol. The minimum Gasteiger partial charge on any atom is -0.368 e. The smallest absolute Gasteiger partial charge is 0.368 e. The standard InChI is InChI=1S/C20H26ClF3N4O2/c1-19(2)9-13(7-8-27(19)11-20(22,23)24)16(12-3-5-14(21)6-4-12)28-10-15(17(25)29)26-18(28)30/h3-6,13,15-16H,7-11H2,1-2H3,(H2,25,29)(H,26,30)/t13-,15?,16-/m1/s1. The maximum absolute atomic E-state index is 13.0. The first kappa shape index (κ1) is 22.7. The van der Waals surface area contributed by atoms with Crippen molar-refractivity contribution in [1.82, 2.24) is 15.1 Å². The summed E-state index contributed by atoms with van der Waals surface area (Å²) in [6, 6.07) is 5.44. The third-order valence-electron chi connectivity index (χ3n) is 6.03. The Kier molecular flexibility index (Phi) is 6.25. The average Bonchev–Trinajstić information content (AvgIpc) is 3.00. The van der Waals surface area contributed by atoms with Crippen LogP contribution < -0.4 is 11.1 Å². The molecule has 3 N–H and O–H groups in total. The first-order valence-corrected chi connectivity index (χ1v) is 10.2. The molecule has 6 nitrogen and oxygen atoms in total. The molecule has 1 unspecified atom stereocenters. The number of halogens is 4. The largest absolute Gasteiger partial charge is 0.401 e. The highest BCUT2D eigenvalue weighted by Gasteiger charge is 2.46. The van der Waals surface area contributed by atoms with E-state index in [9.17, 15) is 22.8 Å². The highest BCUT2D eigenvalue weighted by Crippen LogP contribution is 2.43. The summed E-state index contributed by atoms with van der Waals surface area (Å²) in [5.74, 6) is -0.718. The summed E-state index contributed by atoms with van der Waals surface area (Å²) in [7, 11) is 0. The molecule has 2 heterocycles. The number of rotatable bonds is 5. The van der Waals surface area contributed by atoms with Crippen molar-refractivity contribution in [2.45, 2.75) is 50.5 Å². The van der Waals surface area contributed by atoms with Crippen LogP contribution in [0.1, 0.15) is 38.3 Å². The van der Waals surface area contributed by atoms with Crippen molar-refractivity contribution in [2.24, 2.45) is 11.7 Å². The number of nitrogens with zero attached hydrogens (tertiary/aromatic N) is 2. The van der Waals surface area contributed by atoms with Crippen LogP contribution >= 0.6 is 11.6 Å². The number of hydrogen-bond donors (Lipinski definition) is 2. The predicted octanol–water partition coefficient (Wildman–Crippen LogP) is 3.31. The van der Waals surface area contributed by atoms with Crippen LogP contribution in [-0.2, 0) is 4.79 Å². The lowest BCUT2D eigenvalue weighted by Crippen LogP contribution is -2.55. The first-order chi connectivity index (χ1) is 13.9. The van der Waals surface area contributed by atoms with E-state index in [0.717, 1.165) is 5.56 Å². The summed E-state index contributed by atoms with van der Waals surface area (Å²) in [6.45, 7) is 2.99. The zero-order valence-electron chi connectivity index (χ0n) is 16.9. The van der Waals surface area contributed by atoms with Crippen LogP contribution in [0.2, 0.25) is 5.02 Å². The highest BCUT2D eigenvalue weighted by molar-refractivity contribution is 6.30. The Morgan fingerprint density at radius 2 is 1.97 bits per heavy atom. The van der Waals surface area contributed by atoms with Gasteiger partial charge in [-0.15, -0.1) is 0 Å². The molecule has 2 aliphatic heterocycles. The number of carbonyl (C=O) groups is 2. The number of alkyl halides is 3. The molecule has 30 heavy (non-hydrogen) atoms. The van der Waals surface area contributed by atoms with E-state index < -0.39 is 42.3 Å². The Morgan fingerprint density at radius 1 is 1.33 bits per heavy atom. The summed E-state index contributed by atoms with van der Waals surface area (Å²) in [6.07, 6.45) is -3.33. The van der Waals surface area contributed by atoms with Crippen LogP contribution in [0.25, 0.3) is 0 Å². The lowest BCUT2D eigenvalue weighted by Gasteiger charge is -2.49. The van der Waals surface area contributed by atoms with Gasteiger partial charge in [0.2, 0.25) is 5.91 Å². The Morgan fingerprint density at radius 3 is 2.47 bits per heavy atom. The number of primary amides is 1. The second kappa shape index (κ2) is 8.26. The number of piperidine rings is 1. The SMILES string of the molecule is CC1(C)C[C@H]([C@@H](c2ccc(Cl)cc2)N2CC(C(N)=O)NC2=O)CCN1CC(F)(F)F. The molecule has 0 radical (unpaired) electrons. The molecule has 1 aromatic rings. The van der Waals surface area contributed by atoms with E-state index in [4.69, 9.17) is 17.3 Å². The summed E-state index contributed by atoms with van der Waals surface area (Å²) in [4.78, 5) is 27.3. The Hall–Kier alpha value is -2.00. The molecule has 2 fully saturated rings. The molecule has 3 rings (SSSR count). The van der Waals surface area contributed by atoms with E-state index in [1.54, 1.807) is 30.9 Å². The fraction of sp³-hybridized carbons (Fsp3) is 0.600. The molecule has 3 atom stereocenters. The second-order valence-corrected chi connectivity index (χ2v) is 9.09. The van der Waals surface area contributed by atoms with Gasteiger partial charge in [-0.25, -0.2) is 4.79 Å². The van der Waals surface area contributed by atoms with E-state index in [1.807, 2.05) is 12.1 Å². The normalized spacial score (nSPS) is 25.8. The van der Waals surface area contributed by atoms with Crippen molar-refractivity contribution in [3.05, 3.63) is 34.9 Å². The van der Waals surface area contributed by atoms with Crippen LogP contribution in [0.5, 0.6) is 0 Å². The summed E-state index contributed by atoms with van der Waals surface area (Å²) in [5, 5.41) is 3.13. The van der Waals surface area contributed by atoms with Gasteiger partial charge in [0.05, 0.1) is 19.1 Å². The van der Waals surface area contributed by atoms with Gasteiger partial charge in [-0.05, 0) is 56.8 Å². The molecular formula is C20H26ClF3N4O2. The molecule has 0 spiro atoms. The molecule has 0 bridgehead atoms. The van der Waals surface area contributed by atoms with Crippen LogP contribution in [0, 0.1) is 5.92 Å². The van der Waals surface area contributed by atoms with E-state index >= 15 is 0 Å². The number of nitrogens with one attached hydrogen (secondary N) is 1. The van der Waals surface area contributed by atoms with E-state index in [2.05, 4.69) is 5.32 Å². The van der Waals surface area contributed by atoms with Crippen molar-refractivity contribution < 1.29 is 22.8 Å². The molecule has 10 heteroatoms. The summed E-state index contributed by atoms with van der Waals surface area (Å²) < 4.78 is 39.0. The highest BCUT2D eigenvalue weighted by atomic mass is 35.5. The third kappa shape index (κ3) is 5.00. The van der Waals surface area contributed by atoms with Crippen LogP contribution in [0.4, 0.5) is 18.0 Å². The Balaban J connectivity index is 1.89. The predicted molar refractivity (Wildman–Crippen MR) is 107 cm³/mol. The number of benzene rings is 1. The van der Waals surface area contributed by atoms with Gasteiger partial charge in [-0.1, -0.05) is 23.7 Å². The number of urea groups is 1. The van der Waals surface area contributed by atoms with Gasteiger partial charge >= 0.3 is 12.2 Å².